The number of pyridine rings is 1. The van der Waals surface area contributed by atoms with Crippen molar-refractivity contribution in [1.29, 1.82) is 5.41 Å². The summed E-state index contributed by atoms with van der Waals surface area (Å²) in [5, 5.41) is 8.68. The summed E-state index contributed by atoms with van der Waals surface area (Å²) in [4.78, 5) is 19.3. The van der Waals surface area contributed by atoms with Crippen molar-refractivity contribution >= 4 is 28.6 Å². The van der Waals surface area contributed by atoms with Crippen LogP contribution in [0, 0.1) is 11.2 Å². The zero-order chi connectivity index (χ0) is 27.6. The summed E-state index contributed by atoms with van der Waals surface area (Å²) in [6.07, 6.45) is 3.40. The van der Waals surface area contributed by atoms with E-state index in [1.54, 1.807) is 37.4 Å². The number of rotatable bonds is 9. The molecule has 0 unspecified atom stereocenters. The number of nitrogens with one attached hydrogen (secondary N) is 1. The number of Topliss-reactive ketones (excluding diaryl/α,β-unsaturated/α-hetero) is 1. The van der Waals surface area contributed by atoms with E-state index in [1.807, 2.05) is 31.2 Å². The number of methoxy groups -OCH3 is 1. The third-order valence-electron chi connectivity index (χ3n) is 6.52. The third kappa shape index (κ3) is 5.93. The molecule has 7 nitrogen and oxygen atoms in total. The number of ether oxygens (including phenoxy) is 3. The first-order valence-electron chi connectivity index (χ1n) is 12.7. The fraction of sp³-hybridized carbons (Fsp3) is 0.367. The first kappa shape index (κ1) is 30.1. The Kier molecular flexibility index (Phi) is 9.38. The molecule has 2 heterocycles. The fourth-order valence-electron chi connectivity index (χ4n) is 4.74. The summed E-state index contributed by atoms with van der Waals surface area (Å²) in [5.74, 6) is 0.148. The minimum atomic E-state index is -0.632. The van der Waals surface area contributed by atoms with Gasteiger partial charge >= 0.3 is 0 Å². The summed E-state index contributed by atoms with van der Waals surface area (Å²) in [6.45, 7) is 10.5. The Morgan fingerprint density at radius 1 is 1.08 bits per heavy atom. The largest absolute Gasteiger partial charge is 0.496 e. The molecule has 0 amide bonds. The van der Waals surface area contributed by atoms with Gasteiger partial charge in [-0.25, -0.2) is 4.39 Å². The highest BCUT2D eigenvalue weighted by Gasteiger charge is 2.33. The minimum Gasteiger partial charge on any atom is -0.496 e. The van der Waals surface area contributed by atoms with E-state index < -0.39 is 5.82 Å². The molecule has 1 aromatic heterocycles. The molecule has 208 valence electrons. The number of benzene rings is 2. The highest BCUT2D eigenvalue weighted by atomic mass is 79.9. The Hall–Kier alpha value is -3.46. The van der Waals surface area contributed by atoms with Gasteiger partial charge in [0.05, 0.1) is 32.4 Å². The van der Waals surface area contributed by atoms with Crippen LogP contribution in [0.15, 0.2) is 42.7 Å². The molecule has 0 spiro atoms. The summed E-state index contributed by atoms with van der Waals surface area (Å²) >= 11 is 0. The molecule has 0 saturated carbocycles. The number of aromatic nitrogens is 1. The van der Waals surface area contributed by atoms with E-state index in [0.717, 1.165) is 16.7 Å². The van der Waals surface area contributed by atoms with Crippen molar-refractivity contribution < 1.29 is 23.4 Å². The number of hydrogen-bond donors (Lipinski definition) is 1. The van der Waals surface area contributed by atoms with Crippen LogP contribution in [-0.2, 0) is 12.0 Å². The van der Waals surface area contributed by atoms with E-state index in [1.165, 1.54) is 0 Å². The maximum Gasteiger partial charge on any atom is 0.197 e. The van der Waals surface area contributed by atoms with Crippen molar-refractivity contribution in [3.63, 3.8) is 0 Å². The van der Waals surface area contributed by atoms with Crippen LogP contribution in [0.25, 0.3) is 11.1 Å². The normalized spacial score (nSPS) is 12.6. The van der Waals surface area contributed by atoms with Crippen molar-refractivity contribution in [2.45, 2.75) is 46.6 Å². The first-order chi connectivity index (χ1) is 18.1. The van der Waals surface area contributed by atoms with E-state index >= 15 is 4.39 Å². The lowest BCUT2D eigenvalue weighted by Gasteiger charge is -2.26. The Balaban J connectivity index is 0.00000420. The zero-order valence-corrected chi connectivity index (χ0v) is 24.9. The zero-order valence-electron chi connectivity index (χ0n) is 23.2. The highest BCUT2D eigenvalue weighted by Crippen LogP contribution is 2.41. The first-order valence-corrected chi connectivity index (χ1v) is 12.7. The fourth-order valence-corrected chi connectivity index (χ4v) is 4.74. The van der Waals surface area contributed by atoms with Gasteiger partial charge in [-0.1, -0.05) is 20.8 Å². The van der Waals surface area contributed by atoms with Gasteiger partial charge in [-0.05, 0) is 60.7 Å². The lowest BCUT2D eigenvalue weighted by atomic mass is 9.82. The molecule has 4 rings (SSSR count). The number of amidine groups is 1. The molecule has 9 heteroatoms. The van der Waals surface area contributed by atoms with Crippen LogP contribution >= 0.6 is 17.0 Å². The average molecular weight is 601 g/mol. The Morgan fingerprint density at radius 2 is 1.74 bits per heavy atom. The summed E-state index contributed by atoms with van der Waals surface area (Å²) in [6, 6.07) is 9.14. The molecule has 0 aliphatic carbocycles. The lowest BCUT2D eigenvalue weighted by molar-refractivity contribution is 0.0962. The van der Waals surface area contributed by atoms with E-state index in [-0.39, 0.29) is 65.0 Å². The van der Waals surface area contributed by atoms with E-state index in [4.69, 9.17) is 19.6 Å². The summed E-state index contributed by atoms with van der Waals surface area (Å²) in [5.41, 5.74) is 3.51. The van der Waals surface area contributed by atoms with Gasteiger partial charge in [0.25, 0.3) is 0 Å². The van der Waals surface area contributed by atoms with Crippen LogP contribution in [-0.4, -0.2) is 48.4 Å². The second kappa shape index (κ2) is 12.2. The van der Waals surface area contributed by atoms with E-state index in [2.05, 4.69) is 25.8 Å². The number of nitrogens with zero attached hydrogens (tertiary/aromatic N) is 2. The molecule has 3 aromatic rings. The van der Waals surface area contributed by atoms with Gasteiger partial charge in [-0.2, -0.15) is 0 Å². The minimum absolute atomic E-state index is 0. The van der Waals surface area contributed by atoms with Gasteiger partial charge in [0, 0.05) is 35.6 Å². The third-order valence-corrected chi connectivity index (χ3v) is 6.52. The molecule has 0 atom stereocenters. The van der Waals surface area contributed by atoms with Crippen molar-refractivity contribution in [1.82, 2.24) is 9.88 Å². The van der Waals surface area contributed by atoms with E-state index in [9.17, 15) is 4.79 Å². The number of hydrogen-bond acceptors (Lipinski definition) is 6. The Labute approximate surface area is 239 Å². The molecular formula is C30H35BrFN3O4. The van der Waals surface area contributed by atoms with Gasteiger partial charge in [0.15, 0.2) is 23.1 Å². The van der Waals surface area contributed by atoms with Crippen molar-refractivity contribution in [2.24, 2.45) is 0 Å². The molecule has 0 radical (unpaired) electrons. The molecule has 1 N–H and O–H groups in total. The SMILES string of the molecule is Br.CCOc1cc2c(c(F)c1OCC)C(=N)N(CC(=O)c1cc(-c3ccncc3)c(OC)c(C(C)(C)C)c1)C2. The maximum atomic E-state index is 15.5. The number of carbonyl (C=O) groups excluding carboxylic acids is 1. The van der Waals surface area contributed by atoms with Crippen LogP contribution in [0.5, 0.6) is 17.2 Å². The smallest absolute Gasteiger partial charge is 0.197 e. The highest BCUT2D eigenvalue weighted by molar-refractivity contribution is 8.93. The summed E-state index contributed by atoms with van der Waals surface area (Å²) in [7, 11) is 1.63. The van der Waals surface area contributed by atoms with Crippen LogP contribution in [0.3, 0.4) is 0 Å². The second-order valence-corrected chi connectivity index (χ2v) is 10.1. The van der Waals surface area contributed by atoms with Crippen molar-refractivity contribution in [3.8, 4) is 28.4 Å². The molecular weight excluding hydrogens is 565 g/mol. The van der Waals surface area contributed by atoms with Crippen LogP contribution in [0.4, 0.5) is 4.39 Å². The van der Waals surface area contributed by atoms with Gasteiger partial charge in [0.1, 0.15) is 11.6 Å². The Morgan fingerprint density at radius 3 is 2.33 bits per heavy atom. The second-order valence-electron chi connectivity index (χ2n) is 10.1. The van der Waals surface area contributed by atoms with E-state index in [0.29, 0.717) is 29.2 Å². The average Bonchev–Trinajstić information content (AvgIpc) is 3.20. The molecule has 1 aliphatic rings. The molecule has 0 fully saturated rings. The van der Waals surface area contributed by atoms with Gasteiger partial charge in [0.2, 0.25) is 0 Å². The van der Waals surface area contributed by atoms with Crippen molar-refractivity contribution in [3.05, 3.63) is 70.8 Å². The number of ketones is 1. The molecule has 0 saturated heterocycles. The van der Waals surface area contributed by atoms with Gasteiger partial charge < -0.3 is 19.1 Å². The monoisotopic (exact) mass is 599 g/mol. The predicted molar refractivity (Wildman–Crippen MR) is 156 cm³/mol. The van der Waals surface area contributed by atoms with Crippen molar-refractivity contribution in [2.75, 3.05) is 26.9 Å². The molecule has 0 bridgehead atoms. The molecule has 39 heavy (non-hydrogen) atoms. The summed E-state index contributed by atoms with van der Waals surface area (Å²) < 4.78 is 32.4. The topological polar surface area (TPSA) is 84.7 Å². The predicted octanol–water partition coefficient (Wildman–Crippen LogP) is 6.59. The molecule has 1 aliphatic heterocycles. The quantitative estimate of drug-likeness (QED) is 0.279. The number of fused-ring (bicyclic) bond motifs is 1. The van der Waals surface area contributed by atoms with Gasteiger partial charge in [-0.15, -0.1) is 17.0 Å². The van der Waals surface area contributed by atoms with Gasteiger partial charge in [-0.3, -0.25) is 15.2 Å². The standard InChI is InChI=1S/C30H34FN3O4.BrH/c1-7-37-24-15-20-16-34(29(32)25(20)26(31)28(24)38-8-2)17-23(35)19-13-21(18-9-11-33-12-10-18)27(36-6)22(14-19)30(3,4)5;/h9-15,32H,7-8,16-17H2,1-6H3;1H. The lowest BCUT2D eigenvalue weighted by Crippen LogP contribution is -2.30. The van der Waals surface area contributed by atoms with Crippen LogP contribution < -0.4 is 14.2 Å². The van der Waals surface area contributed by atoms with Crippen LogP contribution in [0.2, 0.25) is 0 Å². The number of carbonyl (C=O) groups is 1. The van der Waals surface area contributed by atoms with Crippen LogP contribution in [0.1, 0.15) is 61.7 Å². The molecule has 2 aromatic carbocycles. The number of halogens is 2. The maximum absolute atomic E-state index is 15.5. The Bertz CT molecular complexity index is 1370.